The van der Waals surface area contributed by atoms with Crippen LogP contribution in [0.4, 0.5) is 5.69 Å². The predicted octanol–water partition coefficient (Wildman–Crippen LogP) is 0.617. The molecule has 0 atom stereocenters. The fourth-order valence-electron chi connectivity index (χ4n) is 2.68. The number of rotatable bonds is 5. The number of aromatic amines is 1. The molecule has 3 N–H and O–H groups in total. The van der Waals surface area contributed by atoms with Crippen LogP contribution in [0.1, 0.15) is 5.56 Å². The summed E-state index contributed by atoms with van der Waals surface area (Å²) in [5.74, 6) is -0.562. The van der Waals surface area contributed by atoms with Crippen LogP contribution in [-0.2, 0) is 22.6 Å². The van der Waals surface area contributed by atoms with Crippen molar-refractivity contribution in [2.24, 2.45) is 0 Å². The van der Waals surface area contributed by atoms with Crippen molar-refractivity contribution < 1.29 is 9.59 Å². The van der Waals surface area contributed by atoms with Crippen LogP contribution in [0.15, 0.2) is 58.1 Å². The van der Waals surface area contributed by atoms with Gasteiger partial charge in [-0.2, -0.15) is 0 Å². The van der Waals surface area contributed by atoms with Crippen molar-refractivity contribution in [1.82, 2.24) is 15.1 Å². The van der Waals surface area contributed by atoms with Crippen LogP contribution in [0.25, 0.3) is 10.8 Å². The summed E-state index contributed by atoms with van der Waals surface area (Å²) in [7, 11) is 1.57. The van der Waals surface area contributed by atoms with Crippen LogP contribution in [0.2, 0.25) is 0 Å². The average molecular weight is 366 g/mol. The zero-order valence-electron chi connectivity index (χ0n) is 14.6. The van der Waals surface area contributed by atoms with Gasteiger partial charge in [0, 0.05) is 12.7 Å². The number of likely N-dealkylation sites (N-methyl/N-ethyl adjacent to an activating group) is 1. The number of fused-ring (bicyclic) bond motifs is 1. The lowest BCUT2D eigenvalue weighted by molar-refractivity contribution is -0.120. The minimum atomic E-state index is -0.456. The van der Waals surface area contributed by atoms with Gasteiger partial charge in [-0.25, -0.2) is 4.68 Å². The standard InChI is InChI=1S/C19H18N4O4/c1-20-16(24)10-12-6-8-13(9-7-12)21-17(25)11-23-19(27)15-5-3-2-4-14(15)18(26)22-23/h2-9H,10-11H2,1H3,(H,20,24)(H,21,25)(H,22,26). The SMILES string of the molecule is CNC(=O)Cc1ccc(NC(=O)Cn2[nH]c(=O)c3ccccc3c2=O)cc1. The van der Waals surface area contributed by atoms with Crippen LogP contribution >= 0.6 is 0 Å². The molecule has 0 radical (unpaired) electrons. The Bertz CT molecular complexity index is 1110. The van der Waals surface area contributed by atoms with Crippen molar-refractivity contribution in [3.63, 3.8) is 0 Å². The summed E-state index contributed by atoms with van der Waals surface area (Å²) in [6.45, 7) is -0.321. The van der Waals surface area contributed by atoms with E-state index in [1.54, 1.807) is 55.6 Å². The van der Waals surface area contributed by atoms with Crippen LogP contribution in [-0.4, -0.2) is 28.6 Å². The molecule has 8 nitrogen and oxygen atoms in total. The molecule has 1 aromatic heterocycles. The first kappa shape index (κ1) is 18.1. The second-order valence-electron chi connectivity index (χ2n) is 5.97. The number of nitrogens with one attached hydrogen (secondary N) is 3. The molecular formula is C19H18N4O4. The lowest BCUT2D eigenvalue weighted by atomic mass is 10.1. The fourth-order valence-corrected chi connectivity index (χ4v) is 2.68. The van der Waals surface area contributed by atoms with E-state index in [0.717, 1.165) is 10.2 Å². The Morgan fingerprint density at radius 3 is 2.30 bits per heavy atom. The zero-order chi connectivity index (χ0) is 19.4. The van der Waals surface area contributed by atoms with Crippen molar-refractivity contribution >= 4 is 28.3 Å². The first-order chi connectivity index (χ1) is 13.0. The highest BCUT2D eigenvalue weighted by Gasteiger charge is 2.10. The lowest BCUT2D eigenvalue weighted by Crippen LogP contribution is -2.34. The van der Waals surface area contributed by atoms with Crippen molar-refractivity contribution in [2.45, 2.75) is 13.0 Å². The molecule has 0 aliphatic heterocycles. The second-order valence-corrected chi connectivity index (χ2v) is 5.97. The second kappa shape index (κ2) is 7.69. The highest BCUT2D eigenvalue weighted by atomic mass is 16.2. The van der Waals surface area contributed by atoms with Crippen LogP contribution in [0, 0.1) is 0 Å². The third-order valence-electron chi connectivity index (χ3n) is 4.07. The van der Waals surface area contributed by atoms with E-state index < -0.39 is 17.0 Å². The first-order valence-corrected chi connectivity index (χ1v) is 8.29. The van der Waals surface area contributed by atoms with E-state index in [1.807, 2.05) is 0 Å². The smallest absolute Gasteiger partial charge is 0.273 e. The van der Waals surface area contributed by atoms with Gasteiger partial charge in [0.05, 0.1) is 17.2 Å². The molecule has 0 aliphatic carbocycles. The number of hydrogen-bond donors (Lipinski definition) is 3. The maximum absolute atomic E-state index is 12.4. The van der Waals surface area contributed by atoms with E-state index in [0.29, 0.717) is 5.69 Å². The number of carbonyl (C=O) groups is 2. The number of anilines is 1. The number of benzene rings is 2. The minimum absolute atomic E-state index is 0.105. The maximum atomic E-state index is 12.4. The summed E-state index contributed by atoms with van der Waals surface area (Å²) in [6, 6.07) is 13.2. The van der Waals surface area contributed by atoms with Crippen LogP contribution < -0.4 is 21.8 Å². The van der Waals surface area contributed by atoms with E-state index in [-0.39, 0.29) is 29.6 Å². The molecule has 0 saturated heterocycles. The Hall–Kier alpha value is -3.68. The van der Waals surface area contributed by atoms with E-state index in [9.17, 15) is 19.2 Å². The number of H-pyrrole nitrogens is 1. The summed E-state index contributed by atoms with van der Waals surface area (Å²) in [4.78, 5) is 48.1. The molecule has 0 aliphatic rings. The molecule has 0 bridgehead atoms. The molecular weight excluding hydrogens is 348 g/mol. The van der Waals surface area contributed by atoms with E-state index in [1.165, 1.54) is 0 Å². The Balaban J connectivity index is 1.74. The van der Waals surface area contributed by atoms with Gasteiger partial charge in [-0.3, -0.25) is 24.3 Å². The largest absolute Gasteiger partial charge is 0.359 e. The third kappa shape index (κ3) is 4.12. The Kier molecular flexibility index (Phi) is 5.16. The van der Waals surface area contributed by atoms with Gasteiger partial charge in [-0.05, 0) is 29.8 Å². The molecule has 0 saturated carbocycles. The molecule has 2 aromatic carbocycles. The summed E-state index contributed by atoms with van der Waals surface area (Å²) in [5, 5.41) is 8.15. The van der Waals surface area contributed by atoms with E-state index in [2.05, 4.69) is 15.7 Å². The highest BCUT2D eigenvalue weighted by molar-refractivity contribution is 5.90. The van der Waals surface area contributed by atoms with E-state index >= 15 is 0 Å². The quantitative estimate of drug-likeness (QED) is 0.614. The van der Waals surface area contributed by atoms with Gasteiger partial charge in [-0.1, -0.05) is 24.3 Å². The van der Waals surface area contributed by atoms with Crippen molar-refractivity contribution in [3.8, 4) is 0 Å². The number of carbonyl (C=O) groups excluding carboxylic acids is 2. The molecule has 0 unspecified atom stereocenters. The Morgan fingerprint density at radius 2 is 1.63 bits per heavy atom. The molecule has 1 heterocycles. The summed E-state index contributed by atoms with van der Waals surface area (Å²) in [5.41, 5.74) is 0.456. The van der Waals surface area contributed by atoms with Gasteiger partial charge in [0.25, 0.3) is 11.1 Å². The van der Waals surface area contributed by atoms with Gasteiger partial charge in [-0.15, -0.1) is 0 Å². The van der Waals surface area contributed by atoms with Gasteiger partial charge < -0.3 is 10.6 Å². The molecule has 3 rings (SSSR count). The van der Waals surface area contributed by atoms with E-state index in [4.69, 9.17) is 0 Å². The number of hydrogen-bond acceptors (Lipinski definition) is 4. The molecule has 3 aromatic rings. The third-order valence-corrected chi connectivity index (χ3v) is 4.07. The molecule has 138 valence electrons. The van der Waals surface area contributed by atoms with Crippen LogP contribution in [0.3, 0.4) is 0 Å². The topological polar surface area (TPSA) is 113 Å². The summed E-state index contributed by atoms with van der Waals surface area (Å²) < 4.78 is 0.986. The molecule has 27 heavy (non-hydrogen) atoms. The van der Waals surface area contributed by atoms with Gasteiger partial charge in [0.1, 0.15) is 6.54 Å². The van der Waals surface area contributed by atoms with Gasteiger partial charge in [0.15, 0.2) is 0 Å². The van der Waals surface area contributed by atoms with Gasteiger partial charge >= 0.3 is 0 Å². The van der Waals surface area contributed by atoms with Crippen molar-refractivity contribution in [1.29, 1.82) is 0 Å². The average Bonchev–Trinajstić information content (AvgIpc) is 2.67. The Labute approximate surface area is 153 Å². The van der Waals surface area contributed by atoms with Crippen molar-refractivity contribution in [2.75, 3.05) is 12.4 Å². The Morgan fingerprint density at radius 1 is 0.963 bits per heavy atom. The normalized spacial score (nSPS) is 10.6. The number of amides is 2. The summed E-state index contributed by atoms with van der Waals surface area (Å²) >= 11 is 0. The fraction of sp³-hybridized carbons (Fsp3) is 0.158. The predicted molar refractivity (Wildman–Crippen MR) is 102 cm³/mol. The zero-order valence-corrected chi connectivity index (χ0v) is 14.6. The highest BCUT2D eigenvalue weighted by Crippen LogP contribution is 2.10. The van der Waals surface area contributed by atoms with Gasteiger partial charge in [0.2, 0.25) is 11.8 Å². The minimum Gasteiger partial charge on any atom is -0.359 e. The first-order valence-electron chi connectivity index (χ1n) is 8.29. The lowest BCUT2D eigenvalue weighted by Gasteiger charge is -2.09. The van der Waals surface area contributed by atoms with Crippen LogP contribution in [0.5, 0.6) is 0 Å². The number of aromatic nitrogens is 2. The summed E-state index contributed by atoms with van der Waals surface area (Å²) in [6.07, 6.45) is 0.248. The molecule has 0 fully saturated rings. The maximum Gasteiger partial charge on any atom is 0.273 e. The number of nitrogens with zero attached hydrogens (tertiary/aromatic N) is 1. The van der Waals surface area contributed by atoms with Crippen molar-refractivity contribution in [3.05, 3.63) is 74.8 Å². The molecule has 8 heteroatoms. The molecule has 2 amide bonds. The monoisotopic (exact) mass is 366 g/mol. The molecule has 0 spiro atoms.